The lowest BCUT2D eigenvalue weighted by molar-refractivity contribution is -0.139. The van der Waals surface area contributed by atoms with E-state index >= 15 is 0 Å². The van der Waals surface area contributed by atoms with E-state index in [4.69, 9.17) is 9.84 Å². The van der Waals surface area contributed by atoms with Gasteiger partial charge in [-0.3, -0.25) is 9.69 Å². The minimum Gasteiger partial charge on any atom is -0.493 e. The van der Waals surface area contributed by atoms with Crippen LogP contribution in [0.1, 0.15) is 31.4 Å². The Morgan fingerprint density at radius 2 is 2.21 bits per heavy atom. The molecule has 1 aromatic rings. The number of carboxylic acids is 1. The molecule has 0 atom stereocenters. The molecule has 0 saturated heterocycles. The van der Waals surface area contributed by atoms with Crippen molar-refractivity contribution >= 4 is 5.97 Å². The van der Waals surface area contributed by atoms with E-state index in [9.17, 15) is 4.79 Å². The Kier molecular flexibility index (Phi) is 3.80. The standard InChI is InChI=1S/C15H21NO3/c1-15(2,9-14(17)18)16(3)10-11-4-5-13-12(8-11)6-7-19-13/h4-5,8H,6-7,9-10H2,1-3H3,(H,17,18). The summed E-state index contributed by atoms with van der Waals surface area (Å²) in [7, 11) is 1.96. The number of hydrogen-bond acceptors (Lipinski definition) is 3. The second-order valence-electron chi connectivity index (χ2n) is 5.78. The number of rotatable bonds is 5. The number of fused-ring (bicyclic) bond motifs is 1. The van der Waals surface area contributed by atoms with Gasteiger partial charge in [-0.1, -0.05) is 12.1 Å². The number of aliphatic carboxylic acids is 1. The van der Waals surface area contributed by atoms with Gasteiger partial charge in [0.2, 0.25) is 0 Å². The Bertz CT molecular complexity index is 482. The van der Waals surface area contributed by atoms with Gasteiger partial charge >= 0.3 is 5.97 Å². The lowest BCUT2D eigenvalue weighted by atomic mass is 9.97. The van der Waals surface area contributed by atoms with Gasteiger partial charge in [0.05, 0.1) is 13.0 Å². The molecular formula is C15H21NO3. The zero-order chi connectivity index (χ0) is 14.0. The maximum atomic E-state index is 10.9. The third-order valence-corrected chi connectivity index (χ3v) is 3.79. The highest BCUT2D eigenvalue weighted by Gasteiger charge is 2.26. The lowest BCUT2D eigenvalue weighted by Gasteiger charge is -2.34. The van der Waals surface area contributed by atoms with E-state index in [-0.39, 0.29) is 12.0 Å². The number of hydrogen-bond donors (Lipinski definition) is 1. The zero-order valence-corrected chi connectivity index (χ0v) is 11.8. The second-order valence-corrected chi connectivity index (χ2v) is 5.78. The van der Waals surface area contributed by atoms with Crippen LogP contribution in [0.2, 0.25) is 0 Å². The van der Waals surface area contributed by atoms with Gasteiger partial charge in [-0.2, -0.15) is 0 Å². The summed E-state index contributed by atoms with van der Waals surface area (Å²) in [5, 5.41) is 8.95. The van der Waals surface area contributed by atoms with Gasteiger partial charge in [0.15, 0.2) is 0 Å². The van der Waals surface area contributed by atoms with Crippen molar-refractivity contribution in [1.29, 1.82) is 0 Å². The topological polar surface area (TPSA) is 49.8 Å². The van der Waals surface area contributed by atoms with Crippen molar-refractivity contribution in [3.05, 3.63) is 29.3 Å². The van der Waals surface area contributed by atoms with Gasteiger partial charge in [-0.15, -0.1) is 0 Å². The molecule has 4 heteroatoms. The predicted molar refractivity (Wildman–Crippen MR) is 73.4 cm³/mol. The van der Waals surface area contributed by atoms with E-state index in [0.29, 0.717) is 0 Å². The Hall–Kier alpha value is -1.55. The molecule has 0 aromatic heterocycles. The highest BCUT2D eigenvalue weighted by molar-refractivity contribution is 5.68. The van der Waals surface area contributed by atoms with Gasteiger partial charge in [0.1, 0.15) is 5.75 Å². The van der Waals surface area contributed by atoms with E-state index in [0.717, 1.165) is 25.3 Å². The van der Waals surface area contributed by atoms with Crippen LogP contribution in [-0.2, 0) is 17.8 Å². The van der Waals surface area contributed by atoms with Gasteiger partial charge < -0.3 is 9.84 Å². The monoisotopic (exact) mass is 263 g/mol. The van der Waals surface area contributed by atoms with E-state index in [2.05, 4.69) is 17.0 Å². The van der Waals surface area contributed by atoms with Crippen LogP contribution < -0.4 is 4.74 Å². The summed E-state index contributed by atoms with van der Waals surface area (Å²) in [6.45, 7) is 5.42. The highest BCUT2D eigenvalue weighted by Crippen LogP contribution is 2.27. The molecule has 0 fully saturated rings. The molecule has 0 bridgehead atoms. The minimum absolute atomic E-state index is 0.136. The molecule has 0 unspecified atom stereocenters. The molecule has 1 aliphatic rings. The first-order valence-electron chi connectivity index (χ1n) is 6.56. The summed E-state index contributed by atoms with van der Waals surface area (Å²) in [5.74, 6) is 0.218. The molecule has 1 aromatic carbocycles. The first kappa shape index (κ1) is 13.9. The summed E-state index contributed by atoms with van der Waals surface area (Å²) in [5.41, 5.74) is 2.09. The molecule has 0 radical (unpaired) electrons. The minimum atomic E-state index is -0.765. The molecule has 0 aliphatic carbocycles. The maximum Gasteiger partial charge on any atom is 0.305 e. The quantitative estimate of drug-likeness (QED) is 0.885. The fourth-order valence-electron chi connectivity index (χ4n) is 2.33. The summed E-state index contributed by atoms with van der Waals surface area (Å²) in [4.78, 5) is 13.0. The normalized spacial score (nSPS) is 14.3. The average molecular weight is 263 g/mol. The van der Waals surface area contributed by atoms with E-state index in [1.807, 2.05) is 27.0 Å². The number of nitrogens with zero attached hydrogens (tertiary/aromatic N) is 1. The maximum absolute atomic E-state index is 10.9. The summed E-state index contributed by atoms with van der Waals surface area (Å²) < 4.78 is 5.49. The predicted octanol–water partition coefficient (Wildman–Crippen LogP) is 2.31. The van der Waals surface area contributed by atoms with Crippen molar-refractivity contribution in [3.8, 4) is 5.75 Å². The molecular weight excluding hydrogens is 242 g/mol. The number of carboxylic acid groups (broad SMARTS) is 1. The van der Waals surface area contributed by atoms with Gasteiger partial charge in [0.25, 0.3) is 0 Å². The molecule has 0 amide bonds. The molecule has 1 heterocycles. The van der Waals surface area contributed by atoms with Crippen molar-refractivity contribution < 1.29 is 14.6 Å². The molecule has 2 rings (SSSR count). The Balaban J connectivity index is 2.06. The zero-order valence-electron chi connectivity index (χ0n) is 11.8. The van der Waals surface area contributed by atoms with Gasteiger partial charge in [-0.25, -0.2) is 0 Å². The molecule has 104 valence electrons. The number of benzene rings is 1. The number of ether oxygens (including phenoxy) is 1. The third kappa shape index (κ3) is 3.26. The van der Waals surface area contributed by atoms with Crippen molar-refractivity contribution in [1.82, 2.24) is 4.90 Å². The average Bonchev–Trinajstić information content (AvgIpc) is 2.74. The van der Waals surface area contributed by atoms with E-state index < -0.39 is 5.97 Å². The van der Waals surface area contributed by atoms with Crippen LogP contribution in [-0.4, -0.2) is 35.2 Å². The highest BCUT2D eigenvalue weighted by atomic mass is 16.5. The molecule has 4 nitrogen and oxygen atoms in total. The van der Waals surface area contributed by atoms with Gasteiger partial charge in [0, 0.05) is 18.5 Å². The molecule has 0 spiro atoms. The van der Waals surface area contributed by atoms with Gasteiger partial charge in [-0.05, 0) is 38.1 Å². The largest absolute Gasteiger partial charge is 0.493 e. The smallest absolute Gasteiger partial charge is 0.305 e. The summed E-state index contributed by atoms with van der Waals surface area (Å²) in [6.07, 6.45) is 1.10. The van der Waals surface area contributed by atoms with Crippen molar-refractivity contribution in [3.63, 3.8) is 0 Å². The van der Waals surface area contributed by atoms with Crippen LogP contribution in [0.3, 0.4) is 0 Å². The van der Waals surface area contributed by atoms with Crippen LogP contribution in [0.15, 0.2) is 18.2 Å². The molecule has 19 heavy (non-hydrogen) atoms. The first-order valence-corrected chi connectivity index (χ1v) is 6.56. The van der Waals surface area contributed by atoms with E-state index in [1.54, 1.807) is 0 Å². The SMILES string of the molecule is CN(Cc1ccc2c(c1)CCO2)C(C)(C)CC(=O)O. The fourth-order valence-corrected chi connectivity index (χ4v) is 2.33. The fraction of sp³-hybridized carbons (Fsp3) is 0.533. The Labute approximate surface area is 114 Å². The van der Waals surface area contributed by atoms with Crippen molar-refractivity contribution in [2.75, 3.05) is 13.7 Å². The summed E-state index contributed by atoms with van der Waals surface area (Å²) >= 11 is 0. The van der Waals surface area contributed by atoms with Crippen LogP contribution in [0.5, 0.6) is 5.75 Å². The molecule has 1 N–H and O–H groups in total. The second kappa shape index (κ2) is 5.21. The molecule has 1 aliphatic heterocycles. The molecule has 0 saturated carbocycles. The van der Waals surface area contributed by atoms with E-state index in [1.165, 1.54) is 11.1 Å². The van der Waals surface area contributed by atoms with Crippen molar-refractivity contribution in [2.45, 2.75) is 38.8 Å². The van der Waals surface area contributed by atoms with Crippen LogP contribution in [0, 0.1) is 0 Å². The Morgan fingerprint density at radius 1 is 1.47 bits per heavy atom. The van der Waals surface area contributed by atoms with Crippen molar-refractivity contribution in [2.24, 2.45) is 0 Å². The summed E-state index contributed by atoms with van der Waals surface area (Å²) in [6, 6.07) is 6.23. The number of carbonyl (C=O) groups is 1. The third-order valence-electron chi connectivity index (χ3n) is 3.79. The Morgan fingerprint density at radius 3 is 2.89 bits per heavy atom. The lowest BCUT2D eigenvalue weighted by Crippen LogP contribution is -2.42. The first-order chi connectivity index (χ1) is 8.88. The van der Waals surface area contributed by atoms with Crippen LogP contribution >= 0.6 is 0 Å². The van der Waals surface area contributed by atoms with Crippen LogP contribution in [0.25, 0.3) is 0 Å². The van der Waals surface area contributed by atoms with Crippen LogP contribution in [0.4, 0.5) is 0 Å².